The van der Waals surface area contributed by atoms with Crippen molar-refractivity contribution in [1.29, 1.82) is 0 Å². The first-order valence-corrected chi connectivity index (χ1v) is 17.3. The molecule has 1 aliphatic rings. The van der Waals surface area contributed by atoms with Crippen LogP contribution in [0.1, 0.15) is 23.6 Å². The molecule has 234 valence electrons. The van der Waals surface area contributed by atoms with Crippen molar-refractivity contribution >= 4 is 32.3 Å². The highest BCUT2D eigenvalue weighted by Gasteiger charge is 2.41. The van der Waals surface area contributed by atoms with Gasteiger partial charge < -0.3 is 0 Å². The van der Waals surface area contributed by atoms with Crippen LogP contribution in [-0.4, -0.2) is 9.97 Å². The third-order valence-electron chi connectivity index (χ3n) is 10.7. The van der Waals surface area contributed by atoms with Gasteiger partial charge in [-0.1, -0.05) is 164 Å². The van der Waals surface area contributed by atoms with Gasteiger partial charge in [0, 0.05) is 27.5 Å². The predicted molar refractivity (Wildman–Crippen MR) is 208 cm³/mol. The Hall–Kier alpha value is -6.38. The SMILES string of the molecule is CC1(c2ccccc2)c2ccccc2-c2c(-c3cc(-c4ccccc4)nc(-c4c5ccccc5cc5ccc6ccccc6c45)n3)cccc21. The van der Waals surface area contributed by atoms with Crippen molar-refractivity contribution in [2.24, 2.45) is 0 Å². The number of benzene rings is 8. The predicted octanol–water partition coefficient (Wildman–Crippen LogP) is 12.3. The van der Waals surface area contributed by atoms with E-state index in [0.717, 1.165) is 39.3 Å². The molecule has 1 heterocycles. The minimum atomic E-state index is -0.300. The molecule has 0 radical (unpaired) electrons. The van der Waals surface area contributed by atoms with Gasteiger partial charge in [0.05, 0.1) is 11.4 Å². The third kappa shape index (κ3) is 4.22. The Morgan fingerprint density at radius 2 is 1.04 bits per heavy atom. The molecular formula is C48H32N2. The zero-order valence-electron chi connectivity index (χ0n) is 27.6. The second kappa shape index (κ2) is 11.1. The fraction of sp³-hybridized carbons (Fsp3) is 0.0417. The minimum Gasteiger partial charge on any atom is -0.228 e. The van der Waals surface area contributed by atoms with Crippen LogP contribution in [0.25, 0.3) is 77.3 Å². The summed E-state index contributed by atoms with van der Waals surface area (Å²) >= 11 is 0. The Morgan fingerprint density at radius 1 is 0.420 bits per heavy atom. The van der Waals surface area contributed by atoms with Gasteiger partial charge in [-0.25, -0.2) is 9.97 Å². The molecule has 0 fully saturated rings. The van der Waals surface area contributed by atoms with Gasteiger partial charge in [-0.2, -0.15) is 0 Å². The van der Waals surface area contributed by atoms with Crippen LogP contribution in [0.4, 0.5) is 0 Å². The van der Waals surface area contributed by atoms with Crippen LogP contribution in [0.3, 0.4) is 0 Å². The highest BCUT2D eigenvalue weighted by Crippen LogP contribution is 2.55. The molecule has 0 amide bonds. The summed E-state index contributed by atoms with van der Waals surface area (Å²) in [5.74, 6) is 0.731. The smallest absolute Gasteiger partial charge is 0.161 e. The molecule has 2 heteroatoms. The summed E-state index contributed by atoms with van der Waals surface area (Å²) in [6.45, 7) is 2.37. The zero-order valence-corrected chi connectivity index (χ0v) is 27.6. The van der Waals surface area contributed by atoms with E-state index in [1.807, 2.05) is 0 Å². The number of nitrogens with zero attached hydrogens (tertiary/aromatic N) is 2. The van der Waals surface area contributed by atoms with Gasteiger partial charge in [-0.05, 0) is 73.8 Å². The number of fused-ring (bicyclic) bond motifs is 7. The van der Waals surface area contributed by atoms with E-state index in [1.54, 1.807) is 0 Å². The van der Waals surface area contributed by atoms with E-state index in [0.29, 0.717) is 0 Å². The Kier molecular flexibility index (Phi) is 6.34. The summed E-state index contributed by atoms with van der Waals surface area (Å²) in [7, 11) is 0. The topological polar surface area (TPSA) is 25.8 Å². The summed E-state index contributed by atoms with van der Waals surface area (Å²) in [4.78, 5) is 11.0. The third-order valence-corrected chi connectivity index (χ3v) is 10.7. The Bertz CT molecular complexity index is 2770. The molecular weight excluding hydrogens is 605 g/mol. The van der Waals surface area contributed by atoms with Crippen LogP contribution in [0.5, 0.6) is 0 Å². The molecule has 0 spiro atoms. The maximum atomic E-state index is 5.57. The molecule has 0 saturated heterocycles. The van der Waals surface area contributed by atoms with Gasteiger partial charge in [0.15, 0.2) is 5.82 Å². The Morgan fingerprint density at radius 3 is 1.88 bits per heavy atom. The maximum absolute atomic E-state index is 5.57. The van der Waals surface area contributed by atoms with Crippen molar-refractivity contribution < 1.29 is 0 Å². The van der Waals surface area contributed by atoms with Crippen molar-refractivity contribution in [3.05, 3.63) is 193 Å². The average Bonchev–Trinajstić information content (AvgIpc) is 3.46. The van der Waals surface area contributed by atoms with E-state index in [9.17, 15) is 0 Å². The molecule has 0 aliphatic heterocycles. The van der Waals surface area contributed by atoms with Crippen LogP contribution in [0, 0.1) is 0 Å². The second-order valence-corrected chi connectivity index (χ2v) is 13.5. The van der Waals surface area contributed by atoms with E-state index in [-0.39, 0.29) is 5.41 Å². The lowest BCUT2D eigenvalue weighted by Crippen LogP contribution is -2.22. The van der Waals surface area contributed by atoms with E-state index >= 15 is 0 Å². The number of rotatable bonds is 4. The lowest BCUT2D eigenvalue weighted by atomic mass is 9.74. The van der Waals surface area contributed by atoms with Crippen LogP contribution in [0.2, 0.25) is 0 Å². The van der Waals surface area contributed by atoms with E-state index in [1.165, 1.54) is 54.7 Å². The minimum absolute atomic E-state index is 0.300. The van der Waals surface area contributed by atoms with E-state index < -0.39 is 0 Å². The van der Waals surface area contributed by atoms with Crippen molar-refractivity contribution in [1.82, 2.24) is 9.97 Å². The largest absolute Gasteiger partial charge is 0.228 e. The fourth-order valence-corrected chi connectivity index (χ4v) is 8.36. The van der Waals surface area contributed by atoms with Crippen molar-refractivity contribution in [3.63, 3.8) is 0 Å². The molecule has 2 nitrogen and oxygen atoms in total. The normalized spacial score (nSPS) is 15.0. The molecule has 0 bridgehead atoms. The standard InChI is InChI=1S/C48H32N2/c1-48(35-19-6-3-7-20-35)40-25-13-12-23-38(40)45-39(24-14-26-41(45)48)43-30-42(32-16-4-2-5-17-32)49-47(50-43)46-37-22-11-9-18-33(37)29-34-28-27-31-15-8-10-21-36(31)44(34)46/h2-30H,1H3. The van der Waals surface area contributed by atoms with Crippen molar-refractivity contribution in [3.8, 4) is 45.0 Å². The quantitative estimate of drug-likeness (QED) is 0.142. The van der Waals surface area contributed by atoms with Gasteiger partial charge in [0.2, 0.25) is 0 Å². The molecule has 50 heavy (non-hydrogen) atoms. The van der Waals surface area contributed by atoms with Crippen LogP contribution >= 0.6 is 0 Å². The van der Waals surface area contributed by atoms with Gasteiger partial charge in [0.1, 0.15) is 0 Å². The van der Waals surface area contributed by atoms with Gasteiger partial charge in [0.25, 0.3) is 0 Å². The van der Waals surface area contributed by atoms with Gasteiger partial charge in [-0.3, -0.25) is 0 Å². The lowest BCUT2D eigenvalue weighted by Gasteiger charge is -2.28. The maximum Gasteiger partial charge on any atom is 0.161 e. The first kappa shape index (κ1) is 28.6. The van der Waals surface area contributed by atoms with Gasteiger partial charge in [-0.15, -0.1) is 0 Å². The molecule has 1 aliphatic carbocycles. The van der Waals surface area contributed by atoms with Gasteiger partial charge >= 0.3 is 0 Å². The fourth-order valence-electron chi connectivity index (χ4n) is 8.36. The number of aromatic nitrogens is 2. The molecule has 8 aromatic carbocycles. The highest BCUT2D eigenvalue weighted by molar-refractivity contribution is 6.21. The first-order chi connectivity index (χ1) is 24.7. The van der Waals surface area contributed by atoms with Crippen LogP contribution < -0.4 is 0 Å². The monoisotopic (exact) mass is 636 g/mol. The van der Waals surface area contributed by atoms with E-state index in [4.69, 9.17) is 9.97 Å². The molecule has 9 aromatic rings. The average molecular weight is 637 g/mol. The van der Waals surface area contributed by atoms with Crippen molar-refractivity contribution in [2.75, 3.05) is 0 Å². The highest BCUT2D eigenvalue weighted by atomic mass is 14.9. The summed E-state index contributed by atoms with van der Waals surface area (Å²) in [6, 6.07) is 63.3. The van der Waals surface area contributed by atoms with Crippen LogP contribution in [-0.2, 0) is 5.41 Å². The molecule has 0 saturated carbocycles. The van der Waals surface area contributed by atoms with Crippen LogP contribution in [0.15, 0.2) is 176 Å². The molecule has 1 unspecified atom stereocenters. The lowest BCUT2D eigenvalue weighted by molar-refractivity contribution is 0.714. The Labute approximate surface area is 291 Å². The second-order valence-electron chi connectivity index (χ2n) is 13.5. The summed E-state index contributed by atoms with van der Waals surface area (Å²) < 4.78 is 0. The Balaban J connectivity index is 1.32. The molecule has 10 rings (SSSR count). The van der Waals surface area contributed by atoms with E-state index in [2.05, 4.69) is 183 Å². The molecule has 1 atom stereocenters. The first-order valence-electron chi connectivity index (χ1n) is 17.3. The number of hydrogen-bond acceptors (Lipinski definition) is 2. The summed E-state index contributed by atoms with van der Waals surface area (Å²) in [6.07, 6.45) is 0. The number of hydrogen-bond donors (Lipinski definition) is 0. The summed E-state index contributed by atoms with van der Waals surface area (Å²) in [5, 5.41) is 7.09. The molecule has 1 aromatic heterocycles. The summed E-state index contributed by atoms with van der Waals surface area (Å²) in [5.41, 5.74) is 11.2. The van der Waals surface area contributed by atoms with Crippen molar-refractivity contribution in [2.45, 2.75) is 12.3 Å². The molecule has 0 N–H and O–H groups in total. The zero-order chi connectivity index (χ0) is 33.2.